The quantitative estimate of drug-likeness (QED) is 0.838. The van der Waals surface area contributed by atoms with Crippen molar-refractivity contribution in [1.29, 1.82) is 0 Å². The van der Waals surface area contributed by atoms with Gasteiger partial charge in [-0.15, -0.1) is 0 Å². The van der Waals surface area contributed by atoms with Gasteiger partial charge in [0.1, 0.15) is 5.56 Å². The molecule has 0 unspecified atom stereocenters. The number of hydrogen-bond acceptors (Lipinski definition) is 4. The van der Waals surface area contributed by atoms with E-state index >= 15 is 0 Å². The summed E-state index contributed by atoms with van der Waals surface area (Å²) < 4.78 is 0. The van der Waals surface area contributed by atoms with Gasteiger partial charge in [0.25, 0.3) is 5.91 Å². The molecule has 2 heterocycles. The maximum Gasteiger partial charge on any atom is 0.262 e. The molecule has 0 saturated heterocycles. The summed E-state index contributed by atoms with van der Waals surface area (Å²) in [5, 5.41) is 3.78. The zero-order valence-electron chi connectivity index (χ0n) is 10.9. The fourth-order valence-corrected chi connectivity index (χ4v) is 2.80. The summed E-state index contributed by atoms with van der Waals surface area (Å²) in [5.74, 6) is 0.450. The van der Waals surface area contributed by atoms with Crippen LogP contribution in [0.3, 0.4) is 0 Å². The highest BCUT2D eigenvalue weighted by Gasteiger charge is 2.16. The summed E-state index contributed by atoms with van der Waals surface area (Å²) >= 11 is 1.48. The maximum absolute atomic E-state index is 12.4. The fraction of sp³-hybridized carbons (Fsp3) is 0.214. The summed E-state index contributed by atoms with van der Waals surface area (Å²) in [6, 6.07) is 5.54. The van der Waals surface area contributed by atoms with E-state index in [0.29, 0.717) is 17.1 Å². The number of nitrogens with zero attached hydrogens (tertiary/aromatic N) is 1. The Balaban J connectivity index is 2.01. The Morgan fingerprint density at radius 2 is 2.30 bits per heavy atom. The van der Waals surface area contributed by atoms with Crippen LogP contribution in [0.5, 0.6) is 0 Å². The minimum Gasteiger partial charge on any atom is -0.360 e. The van der Waals surface area contributed by atoms with Crippen LogP contribution in [0.4, 0.5) is 0 Å². The lowest BCUT2D eigenvalue weighted by molar-refractivity contribution is 0.0977. The fourth-order valence-electron chi connectivity index (χ4n) is 2.08. The van der Waals surface area contributed by atoms with E-state index in [1.165, 1.54) is 18.0 Å². The number of thioether (sulfide) groups is 1. The van der Waals surface area contributed by atoms with Crippen LogP contribution in [0.15, 0.2) is 34.2 Å². The number of H-pyrrole nitrogens is 1. The van der Waals surface area contributed by atoms with Gasteiger partial charge in [-0.05, 0) is 19.1 Å². The maximum atomic E-state index is 12.4. The SMILES string of the molecule is Cc1ccc2[nH]cc(C(=O)NC3=NCCS3)c(=O)c2c1. The first-order chi connectivity index (χ1) is 9.65. The van der Waals surface area contributed by atoms with Crippen LogP contribution in [0.2, 0.25) is 0 Å². The van der Waals surface area contributed by atoms with E-state index < -0.39 is 5.91 Å². The molecule has 1 amide bonds. The number of aromatic amines is 1. The number of hydrogen-bond donors (Lipinski definition) is 2. The minimum absolute atomic E-state index is 0.110. The average molecular weight is 287 g/mol. The molecule has 0 radical (unpaired) electrons. The molecule has 102 valence electrons. The van der Waals surface area contributed by atoms with Crippen LogP contribution >= 0.6 is 11.8 Å². The van der Waals surface area contributed by atoms with Crippen LogP contribution in [0.1, 0.15) is 15.9 Å². The van der Waals surface area contributed by atoms with E-state index in [1.54, 1.807) is 6.07 Å². The van der Waals surface area contributed by atoms with Gasteiger partial charge in [-0.25, -0.2) is 0 Å². The Morgan fingerprint density at radius 3 is 3.05 bits per heavy atom. The number of amides is 1. The summed E-state index contributed by atoms with van der Waals surface area (Å²) in [7, 11) is 0. The second-order valence-electron chi connectivity index (χ2n) is 4.57. The monoisotopic (exact) mass is 287 g/mol. The molecule has 3 rings (SSSR count). The third-order valence-corrected chi connectivity index (χ3v) is 3.98. The second kappa shape index (κ2) is 5.13. The van der Waals surface area contributed by atoms with Crippen molar-refractivity contribution >= 4 is 33.7 Å². The molecule has 1 aromatic heterocycles. The van der Waals surface area contributed by atoms with E-state index in [1.807, 2.05) is 19.1 Å². The number of fused-ring (bicyclic) bond motifs is 1. The number of aromatic nitrogens is 1. The van der Waals surface area contributed by atoms with Gasteiger partial charge in [-0.1, -0.05) is 23.4 Å². The summed E-state index contributed by atoms with van der Waals surface area (Å²) in [6.45, 7) is 2.61. The molecule has 1 aromatic carbocycles. The minimum atomic E-state index is -0.414. The molecule has 0 bridgehead atoms. The molecule has 0 aliphatic carbocycles. The molecule has 6 heteroatoms. The van der Waals surface area contributed by atoms with Gasteiger partial charge >= 0.3 is 0 Å². The molecular formula is C14H13N3O2S. The van der Waals surface area contributed by atoms with Crippen molar-refractivity contribution in [3.8, 4) is 0 Å². The zero-order valence-corrected chi connectivity index (χ0v) is 11.7. The molecule has 1 aliphatic rings. The van der Waals surface area contributed by atoms with Crippen LogP contribution in [0, 0.1) is 6.92 Å². The number of carbonyl (C=O) groups excluding carboxylic acids is 1. The van der Waals surface area contributed by atoms with Gasteiger partial charge in [0.2, 0.25) is 5.43 Å². The summed E-state index contributed by atoms with van der Waals surface area (Å²) in [4.78, 5) is 31.6. The van der Waals surface area contributed by atoms with Crippen molar-refractivity contribution in [2.24, 2.45) is 4.99 Å². The van der Waals surface area contributed by atoms with Crippen molar-refractivity contribution in [2.45, 2.75) is 6.92 Å². The molecule has 0 atom stereocenters. The highest BCUT2D eigenvalue weighted by Crippen LogP contribution is 2.12. The first kappa shape index (κ1) is 12.9. The zero-order chi connectivity index (χ0) is 14.1. The third kappa shape index (κ3) is 2.34. The van der Waals surface area contributed by atoms with E-state index in [4.69, 9.17) is 0 Å². The number of carbonyl (C=O) groups is 1. The number of rotatable bonds is 1. The predicted octanol–water partition coefficient (Wildman–Crippen LogP) is 1.67. The third-order valence-electron chi connectivity index (χ3n) is 3.09. The van der Waals surface area contributed by atoms with Crippen molar-refractivity contribution in [3.63, 3.8) is 0 Å². The standard InChI is InChI=1S/C14H13N3O2S/c1-8-2-3-11-9(6-8)12(18)10(7-16-11)13(19)17-14-15-4-5-20-14/h2-3,6-7H,4-5H2,1H3,(H,16,18)(H,15,17,19). The lowest BCUT2D eigenvalue weighted by Crippen LogP contribution is -2.31. The van der Waals surface area contributed by atoms with Gasteiger partial charge < -0.3 is 10.3 Å². The van der Waals surface area contributed by atoms with Gasteiger partial charge in [0.15, 0.2) is 5.17 Å². The number of benzene rings is 1. The topological polar surface area (TPSA) is 74.3 Å². The first-order valence-electron chi connectivity index (χ1n) is 6.26. The largest absolute Gasteiger partial charge is 0.360 e. The highest BCUT2D eigenvalue weighted by atomic mass is 32.2. The number of aryl methyl sites for hydroxylation is 1. The summed E-state index contributed by atoms with van der Waals surface area (Å²) in [6.07, 6.45) is 1.45. The Kier molecular flexibility index (Phi) is 3.31. The van der Waals surface area contributed by atoms with Crippen molar-refractivity contribution in [1.82, 2.24) is 10.3 Å². The lowest BCUT2D eigenvalue weighted by Gasteiger charge is -2.05. The number of aliphatic imine (C=N–C) groups is 1. The van der Waals surface area contributed by atoms with Crippen LogP contribution < -0.4 is 10.7 Å². The molecule has 0 fully saturated rings. The molecule has 2 aromatic rings. The molecule has 0 saturated carbocycles. The van der Waals surface area contributed by atoms with Gasteiger partial charge in [-0.3, -0.25) is 14.6 Å². The number of pyridine rings is 1. The van der Waals surface area contributed by atoms with Gasteiger partial charge in [-0.2, -0.15) is 0 Å². The Labute approximate surface area is 119 Å². The Hall–Kier alpha value is -2.08. The normalized spacial score (nSPS) is 14.3. The van der Waals surface area contributed by atoms with Crippen LogP contribution in [-0.2, 0) is 0 Å². The number of amidine groups is 1. The van der Waals surface area contributed by atoms with Gasteiger partial charge in [0, 0.05) is 22.9 Å². The van der Waals surface area contributed by atoms with Crippen LogP contribution in [-0.4, -0.2) is 28.4 Å². The highest BCUT2D eigenvalue weighted by molar-refractivity contribution is 8.14. The Morgan fingerprint density at radius 1 is 1.45 bits per heavy atom. The van der Waals surface area contributed by atoms with E-state index in [9.17, 15) is 9.59 Å². The number of nitrogens with one attached hydrogen (secondary N) is 2. The molecular weight excluding hydrogens is 274 g/mol. The van der Waals surface area contributed by atoms with Gasteiger partial charge in [0.05, 0.1) is 6.54 Å². The Bertz CT molecular complexity index is 780. The molecule has 5 nitrogen and oxygen atoms in total. The first-order valence-corrected chi connectivity index (χ1v) is 7.24. The predicted molar refractivity (Wildman–Crippen MR) is 81.5 cm³/mol. The van der Waals surface area contributed by atoms with Crippen LogP contribution in [0.25, 0.3) is 10.9 Å². The molecule has 1 aliphatic heterocycles. The average Bonchev–Trinajstić information content (AvgIpc) is 2.92. The molecule has 2 N–H and O–H groups in total. The molecule has 20 heavy (non-hydrogen) atoms. The van der Waals surface area contributed by atoms with E-state index in [2.05, 4.69) is 15.3 Å². The van der Waals surface area contributed by atoms with Crippen molar-refractivity contribution < 1.29 is 4.79 Å². The van der Waals surface area contributed by atoms with Crippen molar-refractivity contribution in [3.05, 3.63) is 45.7 Å². The molecule has 0 spiro atoms. The van der Waals surface area contributed by atoms with E-state index in [0.717, 1.165) is 16.8 Å². The summed E-state index contributed by atoms with van der Waals surface area (Å²) in [5.41, 5.74) is 1.56. The van der Waals surface area contributed by atoms with Crippen molar-refractivity contribution in [2.75, 3.05) is 12.3 Å². The second-order valence-corrected chi connectivity index (χ2v) is 5.65. The lowest BCUT2D eigenvalue weighted by atomic mass is 10.1. The smallest absolute Gasteiger partial charge is 0.262 e. The van der Waals surface area contributed by atoms with E-state index in [-0.39, 0.29) is 11.0 Å².